The van der Waals surface area contributed by atoms with E-state index in [9.17, 15) is 14.4 Å². The van der Waals surface area contributed by atoms with Gasteiger partial charge in [0.1, 0.15) is 13.2 Å². The lowest BCUT2D eigenvalue weighted by Crippen LogP contribution is -2.36. The Balaban J connectivity index is 1.46. The molecule has 174 valence electrons. The van der Waals surface area contributed by atoms with Gasteiger partial charge in [0.25, 0.3) is 11.1 Å². The van der Waals surface area contributed by atoms with Crippen molar-refractivity contribution in [3.8, 4) is 35.3 Å². The standard InChI is InChI=1S/C23H17IN2O7S/c1-3-6-31-21-15(24)7-13(8-18(21)30-2)9-19-22(28)26(23(29)34-19)11-20(27)25-14-4-5-16-17(10-14)33-12-32-16/h1,4-5,7-10H,6,11-12H2,2H3,(H,25,27). The zero-order valence-electron chi connectivity index (χ0n) is 17.8. The van der Waals surface area contributed by atoms with E-state index in [1.807, 2.05) is 0 Å². The summed E-state index contributed by atoms with van der Waals surface area (Å²) in [5.74, 6) is 3.34. The fourth-order valence-corrected chi connectivity index (χ4v) is 4.80. The van der Waals surface area contributed by atoms with Crippen molar-refractivity contribution < 1.29 is 33.3 Å². The van der Waals surface area contributed by atoms with Crippen LogP contribution in [0, 0.1) is 15.9 Å². The van der Waals surface area contributed by atoms with Crippen molar-refractivity contribution in [3.05, 3.63) is 44.4 Å². The highest BCUT2D eigenvalue weighted by atomic mass is 127. The van der Waals surface area contributed by atoms with Crippen LogP contribution in [0.1, 0.15) is 5.56 Å². The molecule has 34 heavy (non-hydrogen) atoms. The Hall–Kier alpha value is -3.37. The number of carbonyl (C=O) groups excluding carboxylic acids is 3. The molecule has 3 amide bonds. The van der Waals surface area contributed by atoms with Crippen LogP contribution < -0.4 is 24.3 Å². The highest BCUT2D eigenvalue weighted by Gasteiger charge is 2.36. The van der Waals surface area contributed by atoms with Gasteiger partial charge in [-0.3, -0.25) is 19.3 Å². The van der Waals surface area contributed by atoms with Crippen LogP contribution in [0.15, 0.2) is 35.2 Å². The van der Waals surface area contributed by atoms with Gasteiger partial charge >= 0.3 is 0 Å². The number of methoxy groups -OCH3 is 1. The smallest absolute Gasteiger partial charge is 0.294 e. The molecule has 2 aliphatic rings. The summed E-state index contributed by atoms with van der Waals surface area (Å²) >= 11 is 2.83. The number of benzene rings is 2. The summed E-state index contributed by atoms with van der Waals surface area (Å²) < 4.78 is 22.1. The number of terminal acetylenes is 1. The van der Waals surface area contributed by atoms with Gasteiger partial charge in [-0.2, -0.15) is 0 Å². The number of nitrogens with zero attached hydrogens (tertiary/aromatic N) is 1. The van der Waals surface area contributed by atoms with E-state index < -0.39 is 23.6 Å². The maximum atomic E-state index is 12.8. The monoisotopic (exact) mass is 592 g/mol. The Morgan fingerprint density at radius 3 is 2.85 bits per heavy atom. The zero-order chi connectivity index (χ0) is 24.2. The first-order chi connectivity index (χ1) is 16.4. The van der Waals surface area contributed by atoms with Crippen LogP contribution in [0.5, 0.6) is 23.0 Å². The van der Waals surface area contributed by atoms with E-state index in [0.29, 0.717) is 34.2 Å². The largest absolute Gasteiger partial charge is 0.493 e. The molecule has 2 aliphatic heterocycles. The Morgan fingerprint density at radius 1 is 1.29 bits per heavy atom. The average Bonchev–Trinajstić information content (AvgIpc) is 3.37. The summed E-state index contributed by atoms with van der Waals surface area (Å²) in [5.41, 5.74) is 1.09. The van der Waals surface area contributed by atoms with Crippen LogP contribution >= 0.6 is 34.4 Å². The van der Waals surface area contributed by atoms with Crippen molar-refractivity contribution in [2.24, 2.45) is 0 Å². The first-order valence-corrected chi connectivity index (χ1v) is 11.7. The predicted octanol–water partition coefficient (Wildman–Crippen LogP) is 3.72. The molecule has 2 aromatic rings. The maximum absolute atomic E-state index is 12.8. The molecule has 0 bridgehead atoms. The van der Waals surface area contributed by atoms with Crippen molar-refractivity contribution in [1.82, 2.24) is 4.90 Å². The molecule has 0 spiro atoms. The molecular weight excluding hydrogens is 575 g/mol. The minimum absolute atomic E-state index is 0.0823. The Morgan fingerprint density at radius 2 is 2.09 bits per heavy atom. The molecule has 2 heterocycles. The number of fused-ring (bicyclic) bond motifs is 1. The lowest BCUT2D eigenvalue weighted by Gasteiger charge is -2.13. The first-order valence-electron chi connectivity index (χ1n) is 9.78. The molecule has 9 nitrogen and oxygen atoms in total. The van der Waals surface area contributed by atoms with Crippen LogP contribution in [0.2, 0.25) is 0 Å². The van der Waals surface area contributed by atoms with E-state index in [1.54, 1.807) is 36.4 Å². The molecule has 4 rings (SSSR count). The number of thioether (sulfide) groups is 1. The number of hydrogen-bond acceptors (Lipinski definition) is 8. The van der Waals surface area contributed by atoms with Crippen molar-refractivity contribution in [2.45, 2.75) is 0 Å². The maximum Gasteiger partial charge on any atom is 0.294 e. The van der Waals surface area contributed by atoms with Crippen LogP contribution in [-0.2, 0) is 9.59 Å². The van der Waals surface area contributed by atoms with Gasteiger partial charge in [0.05, 0.1) is 15.6 Å². The van der Waals surface area contributed by atoms with E-state index >= 15 is 0 Å². The number of halogens is 1. The second-order valence-electron chi connectivity index (χ2n) is 6.91. The van der Waals surface area contributed by atoms with E-state index in [4.69, 9.17) is 25.4 Å². The van der Waals surface area contributed by atoms with Crippen LogP contribution in [-0.4, -0.2) is 49.0 Å². The van der Waals surface area contributed by atoms with Crippen LogP contribution in [0.4, 0.5) is 10.5 Å². The molecule has 0 aliphatic carbocycles. The van der Waals surface area contributed by atoms with Gasteiger partial charge in [-0.05, 0) is 70.3 Å². The van der Waals surface area contributed by atoms with E-state index in [-0.39, 0.29) is 18.3 Å². The third-order valence-electron chi connectivity index (χ3n) is 4.68. The minimum Gasteiger partial charge on any atom is -0.493 e. The molecule has 1 saturated heterocycles. The molecule has 0 saturated carbocycles. The minimum atomic E-state index is -0.558. The third kappa shape index (κ3) is 5.07. The van der Waals surface area contributed by atoms with E-state index in [1.165, 1.54) is 7.11 Å². The topological polar surface area (TPSA) is 103 Å². The SMILES string of the molecule is C#CCOc1c(I)cc(C=C2SC(=O)N(CC(=O)Nc3ccc4c(c3)OCO4)C2=O)cc1OC. The van der Waals surface area contributed by atoms with E-state index in [0.717, 1.165) is 20.2 Å². The van der Waals surface area contributed by atoms with E-state index in [2.05, 4.69) is 33.8 Å². The first kappa shape index (κ1) is 23.8. The quantitative estimate of drug-likeness (QED) is 0.295. The van der Waals surface area contributed by atoms with Crippen LogP contribution in [0.25, 0.3) is 6.08 Å². The fourth-order valence-electron chi connectivity index (χ4n) is 3.18. The summed E-state index contributed by atoms with van der Waals surface area (Å²) in [6.45, 7) is -0.226. The molecular formula is C23H17IN2O7S. The second-order valence-corrected chi connectivity index (χ2v) is 9.07. The number of rotatable bonds is 7. The normalized spacial score (nSPS) is 15.4. The number of ether oxygens (including phenoxy) is 4. The number of amides is 3. The summed E-state index contributed by atoms with van der Waals surface area (Å²) in [5, 5.41) is 2.12. The second kappa shape index (κ2) is 10.3. The summed E-state index contributed by atoms with van der Waals surface area (Å²) in [6, 6.07) is 8.37. The Bertz CT molecular complexity index is 1250. The van der Waals surface area contributed by atoms with Crippen molar-refractivity contribution in [3.63, 3.8) is 0 Å². The van der Waals surface area contributed by atoms with Gasteiger partial charge in [0.2, 0.25) is 12.7 Å². The van der Waals surface area contributed by atoms with Crippen molar-refractivity contribution in [2.75, 3.05) is 32.4 Å². The highest BCUT2D eigenvalue weighted by molar-refractivity contribution is 14.1. The summed E-state index contributed by atoms with van der Waals surface area (Å²) in [4.78, 5) is 38.8. The van der Waals surface area contributed by atoms with Gasteiger partial charge < -0.3 is 24.3 Å². The highest BCUT2D eigenvalue weighted by Crippen LogP contribution is 2.37. The van der Waals surface area contributed by atoms with Crippen LogP contribution in [0.3, 0.4) is 0 Å². The molecule has 0 unspecified atom stereocenters. The average molecular weight is 592 g/mol. The van der Waals surface area contributed by atoms with Crippen molar-refractivity contribution in [1.29, 1.82) is 0 Å². The lowest BCUT2D eigenvalue weighted by molar-refractivity contribution is -0.127. The van der Waals surface area contributed by atoms with Gasteiger partial charge in [-0.25, -0.2) is 0 Å². The number of nitrogens with one attached hydrogen (secondary N) is 1. The fraction of sp³-hybridized carbons (Fsp3) is 0.174. The third-order valence-corrected chi connectivity index (χ3v) is 6.39. The summed E-state index contributed by atoms with van der Waals surface area (Å²) in [6.07, 6.45) is 6.82. The molecule has 11 heteroatoms. The van der Waals surface area contributed by atoms with Gasteiger partial charge in [-0.15, -0.1) is 6.42 Å². The molecule has 0 aromatic heterocycles. The molecule has 2 aromatic carbocycles. The lowest BCUT2D eigenvalue weighted by atomic mass is 10.2. The number of hydrogen-bond donors (Lipinski definition) is 1. The molecule has 0 atom stereocenters. The zero-order valence-corrected chi connectivity index (χ0v) is 20.7. The summed E-state index contributed by atoms with van der Waals surface area (Å²) in [7, 11) is 1.49. The Kier molecular flexibility index (Phi) is 7.18. The Labute approximate surface area is 212 Å². The number of anilines is 1. The predicted molar refractivity (Wildman–Crippen MR) is 134 cm³/mol. The van der Waals surface area contributed by atoms with Gasteiger partial charge in [0, 0.05) is 11.8 Å². The molecule has 1 N–H and O–H groups in total. The van der Waals surface area contributed by atoms with Gasteiger partial charge in [0.15, 0.2) is 23.0 Å². The van der Waals surface area contributed by atoms with Gasteiger partial charge in [-0.1, -0.05) is 5.92 Å². The van der Waals surface area contributed by atoms with Crippen molar-refractivity contribution >= 4 is 63.2 Å². The number of imide groups is 1. The molecule has 0 radical (unpaired) electrons. The number of carbonyl (C=O) groups is 3. The molecule has 1 fully saturated rings.